The Kier molecular flexibility index (Phi) is 6.07. The van der Waals surface area contributed by atoms with Gasteiger partial charge < -0.3 is 15.0 Å². The van der Waals surface area contributed by atoms with Gasteiger partial charge in [0.1, 0.15) is 11.6 Å². The minimum absolute atomic E-state index is 0.217. The van der Waals surface area contributed by atoms with Gasteiger partial charge in [0.15, 0.2) is 0 Å². The summed E-state index contributed by atoms with van der Waals surface area (Å²) in [4.78, 5) is 16.3. The highest BCUT2D eigenvalue weighted by atomic mass is 19.1. The number of nitrogens with zero attached hydrogens (tertiary/aromatic N) is 2. The summed E-state index contributed by atoms with van der Waals surface area (Å²) in [5, 5.41) is 2.64. The second-order valence-electron chi connectivity index (χ2n) is 6.25. The maximum Gasteiger partial charge on any atom is 0.322 e. The van der Waals surface area contributed by atoms with Crippen molar-refractivity contribution in [3.63, 3.8) is 0 Å². The van der Waals surface area contributed by atoms with Gasteiger partial charge in [-0.25, -0.2) is 9.18 Å². The molecule has 5 nitrogen and oxygen atoms in total. The van der Waals surface area contributed by atoms with Gasteiger partial charge in [0.25, 0.3) is 0 Å². The number of ether oxygens (including phenoxy) is 1. The average Bonchev–Trinajstić information content (AvgIpc) is 2.66. The first-order valence-corrected chi connectivity index (χ1v) is 8.90. The molecule has 2 amide bonds. The van der Waals surface area contributed by atoms with Gasteiger partial charge in [-0.1, -0.05) is 24.3 Å². The summed E-state index contributed by atoms with van der Waals surface area (Å²) in [6, 6.07) is 14.1. The molecule has 0 aromatic heterocycles. The standard InChI is InChI=1S/C20H24FN3O2/c1-2-26-17-9-7-16(8-10-17)15-23-11-13-24(14-12-23)20(25)22-19-6-4-3-5-18(19)21/h3-10H,2,11-15H2,1H3,(H,22,25). The van der Waals surface area contributed by atoms with E-state index in [1.54, 1.807) is 23.1 Å². The lowest BCUT2D eigenvalue weighted by Gasteiger charge is -2.34. The lowest BCUT2D eigenvalue weighted by Crippen LogP contribution is -2.49. The zero-order valence-electron chi connectivity index (χ0n) is 15.0. The third kappa shape index (κ3) is 4.73. The van der Waals surface area contributed by atoms with Crippen molar-refractivity contribution in [3.05, 3.63) is 59.9 Å². The first-order valence-electron chi connectivity index (χ1n) is 8.90. The Labute approximate surface area is 153 Å². The Bertz CT molecular complexity index is 728. The molecule has 1 aliphatic rings. The van der Waals surface area contributed by atoms with E-state index in [0.717, 1.165) is 25.4 Å². The van der Waals surface area contributed by atoms with E-state index in [2.05, 4.69) is 22.3 Å². The molecule has 0 spiro atoms. The number of benzene rings is 2. The summed E-state index contributed by atoms with van der Waals surface area (Å²) >= 11 is 0. The van der Waals surface area contributed by atoms with E-state index in [4.69, 9.17) is 4.74 Å². The molecule has 2 aromatic rings. The van der Waals surface area contributed by atoms with Gasteiger partial charge in [-0.3, -0.25) is 4.90 Å². The second-order valence-corrected chi connectivity index (χ2v) is 6.25. The highest BCUT2D eigenvalue weighted by Gasteiger charge is 2.21. The van der Waals surface area contributed by atoms with E-state index in [1.165, 1.54) is 11.6 Å². The molecule has 0 saturated carbocycles. The van der Waals surface area contributed by atoms with E-state index in [-0.39, 0.29) is 11.7 Å². The predicted octanol–water partition coefficient (Wildman–Crippen LogP) is 3.57. The Hall–Kier alpha value is -2.60. The lowest BCUT2D eigenvalue weighted by molar-refractivity contribution is 0.143. The van der Waals surface area contributed by atoms with Crippen LogP contribution in [0.4, 0.5) is 14.9 Å². The third-order valence-corrected chi connectivity index (χ3v) is 4.42. The van der Waals surface area contributed by atoms with Crippen molar-refractivity contribution in [2.45, 2.75) is 13.5 Å². The number of nitrogens with one attached hydrogen (secondary N) is 1. The maximum atomic E-state index is 13.6. The first kappa shape index (κ1) is 18.2. The molecular formula is C20H24FN3O2. The number of carbonyl (C=O) groups is 1. The fourth-order valence-electron chi connectivity index (χ4n) is 2.98. The molecule has 26 heavy (non-hydrogen) atoms. The van der Waals surface area contributed by atoms with E-state index in [0.29, 0.717) is 19.7 Å². The summed E-state index contributed by atoms with van der Waals surface area (Å²) in [6.45, 7) is 6.30. The van der Waals surface area contributed by atoms with Crippen LogP contribution in [0.5, 0.6) is 5.75 Å². The zero-order valence-corrected chi connectivity index (χ0v) is 15.0. The molecule has 1 heterocycles. The van der Waals surface area contributed by atoms with E-state index < -0.39 is 5.82 Å². The zero-order chi connectivity index (χ0) is 18.4. The van der Waals surface area contributed by atoms with Crippen molar-refractivity contribution < 1.29 is 13.9 Å². The van der Waals surface area contributed by atoms with E-state index in [1.807, 2.05) is 19.1 Å². The van der Waals surface area contributed by atoms with Gasteiger partial charge >= 0.3 is 6.03 Å². The average molecular weight is 357 g/mol. The first-order chi connectivity index (χ1) is 12.7. The normalized spacial score (nSPS) is 14.9. The minimum Gasteiger partial charge on any atom is -0.494 e. The van der Waals surface area contributed by atoms with Crippen molar-refractivity contribution in [2.75, 3.05) is 38.1 Å². The molecule has 3 rings (SSSR count). The quantitative estimate of drug-likeness (QED) is 0.890. The van der Waals surface area contributed by atoms with Crippen LogP contribution in [0.15, 0.2) is 48.5 Å². The van der Waals surface area contributed by atoms with Crippen LogP contribution >= 0.6 is 0 Å². The monoisotopic (exact) mass is 357 g/mol. The van der Waals surface area contributed by atoms with Crippen LogP contribution in [0.1, 0.15) is 12.5 Å². The smallest absolute Gasteiger partial charge is 0.322 e. The fourth-order valence-corrected chi connectivity index (χ4v) is 2.98. The molecule has 0 atom stereocenters. The number of carbonyl (C=O) groups excluding carboxylic acids is 1. The second kappa shape index (κ2) is 8.67. The third-order valence-electron chi connectivity index (χ3n) is 4.42. The largest absolute Gasteiger partial charge is 0.494 e. The summed E-state index contributed by atoms with van der Waals surface area (Å²) in [5.74, 6) is 0.459. The molecule has 0 unspecified atom stereocenters. The summed E-state index contributed by atoms with van der Waals surface area (Å²) < 4.78 is 19.1. The van der Waals surface area contributed by atoms with Crippen molar-refractivity contribution in [2.24, 2.45) is 0 Å². The van der Waals surface area contributed by atoms with Crippen LogP contribution in [0.25, 0.3) is 0 Å². The summed E-state index contributed by atoms with van der Waals surface area (Å²) in [7, 11) is 0. The lowest BCUT2D eigenvalue weighted by atomic mass is 10.2. The Balaban J connectivity index is 1.47. The van der Waals surface area contributed by atoms with Crippen LogP contribution in [0.2, 0.25) is 0 Å². The van der Waals surface area contributed by atoms with Crippen molar-refractivity contribution in [1.29, 1.82) is 0 Å². The Morgan fingerprint density at radius 3 is 2.42 bits per heavy atom. The number of anilines is 1. The number of para-hydroxylation sites is 1. The van der Waals surface area contributed by atoms with Gasteiger partial charge in [0.2, 0.25) is 0 Å². The molecule has 0 aliphatic carbocycles. The Morgan fingerprint density at radius 1 is 1.08 bits per heavy atom. The van der Waals surface area contributed by atoms with Gasteiger partial charge in [-0.2, -0.15) is 0 Å². The molecule has 1 fully saturated rings. The number of piperazine rings is 1. The SMILES string of the molecule is CCOc1ccc(CN2CCN(C(=O)Nc3ccccc3F)CC2)cc1. The highest BCUT2D eigenvalue weighted by Crippen LogP contribution is 2.16. The maximum absolute atomic E-state index is 13.6. The molecule has 0 bridgehead atoms. The van der Waals surface area contributed by atoms with Crippen LogP contribution in [0, 0.1) is 5.82 Å². The van der Waals surface area contributed by atoms with Crippen molar-refractivity contribution in [1.82, 2.24) is 9.80 Å². The topological polar surface area (TPSA) is 44.8 Å². The number of hydrogen-bond acceptors (Lipinski definition) is 3. The van der Waals surface area contributed by atoms with Crippen LogP contribution in [0.3, 0.4) is 0 Å². The molecule has 6 heteroatoms. The predicted molar refractivity (Wildman–Crippen MR) is 99.9 cm³/mol. The number of amides is 2. The number of urea groups is 1. The number of hydrogen-bond donors (Lipinski definition) is 1. The van der Waals surface area contributed by atoms with Gasteiger partial charge in [0, 0.05) is 32.7 Å². The molecular weight excluding hydrogens is 333 g/mol. The van der Waals surface area contributed by atoms with Gasteiger partial charge in [-0.15, -0.1) is 0 Å². The summed E-state index contributed by atoms with van der Waals surface area (Å²) in [6.07, 6.45) is 0. The fraction of sp³-hybridized carbons (Fsp3) is 0.350. The highest BCUT2D eigenvalue weighted by molar-refractivity contribution is 5.89. The van der Waals surface area contributed by atoms with Crippen molar-refractivity contribution >= 4 is 11.7 Å². The van der Waals surface area contributed by atoms with E-state index >= 15 is 0 Å². The number of rotatable bonds is 5. The summed E-state index contributed by atoms with van der Waals surface area (Å²) in [5.41, 5.74) is 1.44. The number of halogens is 1. The molecule has 1 saturated heterocycles. The van der Waals surface area contributed by atoms with Crippen LogP contribution in [-0.2, 0) is 6.54 Å². The van der Waals surface area contributed by atoms with E-state index in [9.17, 15) is 9.18 Å². The molecule has 2 aromatic carbocycles. The molecule has 0 radical (unpaired) electrons. The van der Waals surface area contributed by atoms with Crippen LogP contribution in [-0.4, -0.2) is 48.6 Å². The molecule has 1 aliphatic heterocycles. The van der Waals surface area contributed by atoms with Crippen molar-refractivity contribution in [3.8, 4) is 5.75 Å². The van der Waals surface area contributed by atoms with Gasteiger partial charge in [0.05, 0.1) is 12.3 Å². The van der Waals surface area contributed by atoms with Crippen LogP contribution < -0.4 is 10.1 Å². The Morgan fingerprint density at radius 2 is 1.77 bits per heavy atom. The molecule has 1 N–H and O–H groups in total. The minimum atomic E-state index is -0.421. The van der Waals surface area contributed by atoms with Gasteiger partial charge in [-0.05, 0) is 36.8 Å². The molecule has 138 valence electrons.